The predicted octanol–water partition coefficient (Wildman–Crippen LogP) is 3.76. The van der Waals surface area contributed by atoms with E-state index in [0.717, 1.165) is 33.2 Å². The Morgan fingerprint density at radius 1 is 0.905 bits per heavy atom. The van der Waals surface area contributed by atoms with Gasteiger partial charge in [0.05, 0.1) is 16.7 Å². The molecule has 0 radical (unpaired) electrons. The highest BCUT2D eigenvalue weighted by Gasteiger charge is 2.12. The Hall–Kier alpha value is -2.81. The lowest BCUT2D eigenvalue weighted by Gasteiger charge is -2.08. The zero-order valence-corrected chi connectivity index (χ0v) is 11.6. The molecule has 0 spiro atoms. The summed E-state index contributed by atoms with van der Waals surface area (Å²) in [5, 5.41) is 1.08. The molecule has 21 heavy (non-hydrogen) atoms. The van der Waals surface area contributed by atoms with Crippen LogP contribution < -0.4 is 5.69 Å². The molecule has 2 aromatic heterocycles. The van der Waals surface area contributed by atoms with E-state index < -0.39 is 0 Å². The molecule has 4 aromatic rings. The van der Waals surface area contributed by atoms with Gasteiger partial charge in [-0.3, -0.25) is 4.40 Å². The summed E-state index contributed by atoms with van der Waals surface area (Å²) in [6, 6.07) is 20.0. The largest absolute Gasteiger partial charge is 0.330 e. The third-order valence-corrected chi connectivity index (χ3v) is 3.97. The number of rotatable bonds is 1. The molecular weight excluding hydrogens is 260 g/mol. The summed E-state index contributed by atoms with van der Waals surface area (Å²) >= 11 is 0. The monoisotopic (exact) mass is 274 g/mol. The summed E-state index contributed by atoms with van der Waals surface area (Å²) in [6.45, 7) is 2.05. The highest BCUT2D eigenvalue weighted by molar-refractivity contribution is 5.89. The minimum atomic E-state index is -0.101. The van der Waals surface area contributed by atoms with E-state index in [4.69, 9.17) is 0 Å². The number of nitrogens with one attached hydrogen (secondary N) is 1. The highest BCUT2D eigenvalue weighted by atomic mass is 16.1. The van der Waals surface area contributed by atoms with Gasteiger partial charge in [-0.2, -0.15) is 0 Å². The fraction of sp³-hybridized carbons (Fsp3) is 0.0556. The van der Waals surface area contributed by atoms with Crippen LogP contribution in [0.25, 0.3) is 27.7 Å². The second-order valence-corrected chi connectivity index (χ2v) is 5.22. The zero-order valence-electron chi connectivity index (χ0n) is 11.6. The third-order valence-electron chi connectivity index (χ3n) is 3.97. The lowest BCUT2D eigenvalue weighted by Crippen LogP contribution is -2.17. The smallest absolute Gasteiger partial charge is 0.306 e. The van der Waals surface area contributed by atoms with Crippen molar-refractivity contribution in [3.63, 3.8) is 0 Å². The Kier molecular flexibility index (Phi) is 2.48. The molecule has 2 aromatic carbocycles. The van der Waals surface area contributed by atoms with Crippen LogP contribution in [-0.4, -0.2) is 9.38 Å². The van der Waals surface area contributed by atoms with Gasteiger partial charge >= 0.3 is 5.69 Å². The SMILES string of the molecule is Cc1c(-c2ccccc2)[nH]c(=O)n2c1cc1ccccc12. The van der Waals surface area contributed by atoms with Gasteiger partial charge in [0.25, 0.3) is 0 Å². The Balaban J connectivity index is 2.16. The van der Waals surface area contributed by atoms with Crippen LogP contribution in [0.3, 0.4) is 0 Å². The van der Waals surface area contributed by atoms with Gasteiger partial charge < -0.3 is 4.98 Å². The van der Waals surface area contributed by atoms with Gasteiger partial charge in [-0.1, -0.05) is 48.5 Å². The molecule has 0 amide bonds. The van der Waals surface area contributed by atoms with Crippen LogP contribution >= 0.6 is 0 Å². The molecule has 0 aliphatic carbocycles. The first-order valence-corrected chi connectivity index (χ1v) is 6.94. The van der Waals surface area contributed by atoms with Crippen LogP contribution in [0, 0.1) is 6.92 Å². The van der Waals surface area contributed by atoms with Gasteiger partial charge in [-0.25, -0.2) is 4.79 Å². The van der Waals surface area contributed by atoms with Crippen molar-refractivity contribution in [2.24, 2.45) is 0 Å². The van der Waals surface area contributed by atoms with Gasteiger partial charge in [-0.05, 0) is 30.2 Å². The van der Waals surface area contributed by atoms with Crippen molar-refractivity contribution >= 4 is 16.4 Å². The van der Waals surface area contributed by atoms with E-state index in [0.29, 0.717) is 0 Å². The molecule has 102 valence electrons. The first-order chi connectivity index (χ1) is 10.3. The number of aromatic amines is 1. The molecule has 1 N–H and O–H groups in total. The van der Waals surface area contributed by atoms with Gasteiger partial charge in [0.2, 0.25) is 0 Å². The first kappa shape index (κ1) is 12.0. The molecule has 0 saturated heterocycles. The number of hydrogen-bond acceptors (Lipinski definition) is 1. The van der Waals surface area contributed by atoms with Crippen LogP contribution in [0.5, 0.6) is 0 Å². The second kappa shape index (κ2) is 4.35. The van der Waals surface area contributed by atoms with Crippen LogP contribution in [-0.2, 0) is 0 Å². The third kappa shape index (κ3) is 1.71. The molecule has 0 aliphatic rings. The molecule has 0 atom stereocenters. The topological polar surface area (TPSA) is 37.3 Å². The van der Waals surface area contributed by atoms with E-state index in [1.54, 1.807) is 4.40 Å². The van der Waals surface area contributed by atoms with Gasteiger partial charge in [0.1, 0.15) is 0 Å². The van der Waals surface area contributed by atoms with E-state index in [1.165, 1.54) is 0 Å². The molecule has 0 aliphatic heterocycles. The summed E-state index contributed by atoms with van der Waals surface area (Å²) in [4.78, 5) is 15.5. The van der Waals surface area contributed by atoms with Crippen molar-refractivity contribution in [2.45, 2.75) is 6.92 Å². The van der Waals surface area contributed by atoms with E-state index >= 15 is 0 Å². The Morgan fingerprint density at radius 3 is 2.43 bits per heavy atom. The van der Waals surface area contributed by atoms with Crippen LogP contribution in [0.4, 0.5) is 0 Å². The van der Waals surface area contributed by atoms with Gasteiger partial charge in [-0.15, -0.1) is 0 Å². The number of para-hydroxylation sites is 1. The number of aryl methyl sites for hydroxylation is 1. The van der Waals surface area contributed by atoms with E-state index in [9.17, 15) is 4.79 Å². The average Bonchev–Trinajstić information content (AvgIpc) is 2.92. The van der Waals surface area contributed by atoms with Crippen molar-refractivity contribution in [1.82, 2.24) is 9.38 Å². The summed E-state index contributed by atoms with van der Waals surface area (Å²) in [5.41, 5.74) is 4.79. The summed E-state index contributed by atoms with van der Waals surface area (Å²) in [6.07, 6.45) is 0. The molecule has 0 fully saturated rings. The normalized spacial score (nSPS) is 11.3. The van der Waals surface area contributed by atoms with E-state index in [-0.39, 0.29) is 5.69 Å². The number of benzene rings is 2. The standard InChI is InChI=1S/C18H14N2O/c1-12-16-11-14-9-5-6-10-15(14)20(16)18(21)19-17(12)13-7-3-2-4-8-13/h2-11H,1H3,(H,19,21). The first-order valence-electron chi connectivity index (χ1n) is 6.94. The molecule has 0 saturated carbocycles. The number of H-pyrrole nitrogens is 1. The zero-order chi connectivity index (χ0) is 14.4. The predicted molar refractivity (Wildman–Crippen MR) is 85.7 cm³/mol. The fourth-order valence-corrected chi connectivity index (χ4v) is 2.93. The number of hydrogen-bond donors (Lipinski definition) is 1. The molecule has 3 heteroatoms. The minimum Gasteiger partial charge on any atom is -0.306 e. The van der Waals surface area contributed by atoms with Crippen molar-refractivity contribution in [3.8, 4) is 11.3 Å². The molecule has 4 rings (SSSR count). The number of aromatic nitrogens is 2. The quantitative estimate of drug-likeness (QED) is 0.564. The van der Waals surface area contributed by atoms with E-state index in [2.05, 4.69) is 11.1 Å². The Labute approximate surface area is 121 Å². The van der Waals surface area contributed by atoms with Crippen LogP contribution in [0.15, 0.2) is 65.5 Å². The summed E-state index contributed by atoms with van der Waals surface area (Å²) in [7, 11) is 0. The lowest BCUT2D eigenvalue weighted by molar-refractivity contribution is 1.03. The summed E-state index contributed by atoms with van der Waals surface area (Å²) < 4.78 is 1.75. The van der Waals surface area contributed by atoms with Crippen molar-refractivity contribution < 1.29 is 0 Å². The van der Waals surface area contributed by atoms with Crippen LogP contribution in [0.2, 0.25) is 0 Å². The molecule has 0 unspecified atom stereocenters. The van der Waals surface area contributed by atoms with Gasteiger partial charge in [0, 0.05) is 5.39 Å². The molecule has 0 bridgehead atoms. The average molecular weight is 274 g/mol. The Bertz CT molecular complexity index is 1010. The second-order valence-electron chi connectivity index (χ2n) is 5.22. The minimum absolute atomic E-state index is 0.101. The molecule has 3 nitrogen and oxygen atoms in total. The number of nitrogens with zero attached hydrogens (tertiary/aromatic N) is 1. The van der Waals surface area contributed by atoms with Crippen LogP contribution in [0.1, 0.15) is 5.56 Å². The fourth-order valence-electron chi connectivity index (χ4n) is 2.93. The van der Waals surface area contributed by atoms with Crippen molar-refractivity contribution in [3.05, 3.63) is 76.7 Å². The molecule has 2 heterocycles. The Morgan fingerprint density at radius 2 is 1.62 bits per heavy atom. The van der Waals surface area contributed by atoms with Crippen molar-refractivity contribution in [1.29, 1.82) is 0 Å². The highest BCUT2D eigenvalue weighted by Crippen LogP contribution is 2.26. The number of fused-ring (bicyclic) bond motifs is 3. The maximum Gasteiger partial charge on any atom is 0.330 e. The lowest BCUT2D eigenvalue weighted by atomic mass is 10.1. The van der Waals surface area contributed by atoms with Gasteiger partial charge in [0.15, 0.2) is 0 Å². The van der Waals surface area contributed by atoms with E-state index in [1.807, 2.05) is 61.5 Å². The molecular formula is C18H14N2O. The maximum atomic E-state index is 12.5. The summed E-state index contributed by atoms with van der Waals surface area (Å²) in [5.74, 6) is 0. The maximum absolute atomic E-state index is 12.5. The van der Waals surface area contributed by atoms with Crippen molar-refractivity contribution in [2.75, 3.05) is 0 Å².